The molecule has 1 saturated carbocycles. The number of aromatic amines is 1. The van der Waals surface area contributed by atoms with Crippen LogP contribution in [0.3, 0.4) is 0 Å². The highest BCUT2D eigenvalue weighted by Gasteiger charge is 2.42. The fourth-order valence-corrected chi connectivity index (χ4v) is 3.85. The third kappa shape index (κ3) is 5.38. The lowest BCUT2D eigenvalue weighted by Gasteiger charge is -2.35. The SMILES string of the molecule is CC1(C(=O)NC2CC2)COC(c2nc(-c3ccc(F)cc3)c(-c3ccnc(NCCCO)n3)[nH]2)OC1. The predicted octanol–water partition coefficient (Wildman–Crippen LogP) is 2.80. The first kappa shape index (κ1) is 24.3. The van der Waals surface area contributed by atoms with Crippen LogP contribution in [0.4, 0.5) is 10.3 Å². The number of benzene rings is 1. The molecule has 3 aromatic rings. The number of nitrogens with zero attached hydrogens (tertiary/aromatic N) is 3. The highest BCUT2D eigenvalue weighted by molar-refractivity contribution is 5.83. The van der Waals surface area contributed by atoms with Gasteiger partial charge in [-0.25, -0.2) is 19.3 Å². The van der Waals surface area contributed by atoms with Gasteiger partial charge in [-0.05, 0) is 56.5 Å². The molecule has 4 N–H and O–H groups in total. The van der Waals surface area contributed by atoms with E-state index in [9.17, 15) is 9.18 Å². The monoisotopic (exact) mass is 496 g/mol. The quantitative estimate of drug-likeness (QED) is 0.332. The van der Waals surface area contributed by atoms with Crippen LogP contribution in [0.15, 0.2) is 36.5 Å². The molecule has 10 nitrogen and oxygen atoms in total. The molecule has 1 aromatic carbocycles. The van der Waals surface area contributed by atoms with E-state index >= 15 is 0 Å². The number of H-pyrrole nitrogens is 1. The smallest absolute Gasteiger partial charge is 0.230 e. The standard InChI is InChI=1S/C25H29FN6O4/c1-25(23(34)29-17-7-8-17)13-35-22(36-14-25)21-31-19(15-3-5-16(26)6-4-15)20(32-21)18-9-11-28-24(30-18)27-10-2-12-33/h3-6,9,11,17,22,33H,2,7-8,10,12-14H2,1H3,(H,29,34)(H,31,32)(H,27,28,30). The number of imidazole rings is 1. The van der Waals surface area contributed by atoms with Gasteiger partial charge in [0.25, 0.3) is 0 Å². The van der Waals surface area contributed by atoms with Crippen LogP contribution in [0.25, 0.3) is 22.6 Å². The maximum absolute atomic E-state index is 13.6. The number of anilines is 1. The van der Waals surface area contributed by atoms with Gasteiger partial charge in [0.05, 0.1) is 35.7 Å². The lowest BCUT2D eigenvalue weighted by atomic mass is 9.91. The Hall–Kier alpha value is -3.41. The first-order chi connectivity index (χ1) is 17.4. The van der Waals surface area contributed by atoms with Crippen molar-refractivity contribution in [2.24, 2.45) is 5.41 Å². The molecule has 3 heterocycles. The number of carbonyl (C=O) groups excluding carboxylic acids is 1. The fourth-order valence-electron chi connectivity index (χ4n) is 3.85. The van der Waals surface area contributed by atoms with Gasteiger partial charge >= 0.3 is 0 Å². The molecule has 1 saturated heterocycles. The van der Waals surface area contributed by atoms with Crippen LogP contribution >= 0.6 is 0 Å². The van der Waals surface area contributed by atoms with Gasteiger partial charge in [0, 0.05) is 31.0 Å². The molecule has 36 heavy (non-hydrogen) atoms. The summed E-state index contributed by atoms with van der Waals surface area (Å²) in [5.74, 6) is 0.404. The summed E-state index contributed by atoms with van der Waals surface area (Å²) in [4.78, 5) is 29.4. The Kier molecular flexibility index (Phi) is 6.95. The van der Waals surface area contributed by atoms with E-state index in [4.69, 9.17) is 19.6 Å². The Balaban J connectivity index is 1.41. The third-order valence-electron chi connectivity index (χ3n) is 6.16. The van der Waals surface area contributed by atoms with Crippen molar-refractivity contribution in [1.29, 1.82) is 0 Å². The lowest BCUT2D eigenvalue weighted by molar-refractivity contribution is -0.231. The summed E-state index contributed by atoms with van der Waals surface area (Å²) in [6, 6.07) is 8.02. The molecule has 2 aliphatic rings. The van der Waals surface area contributed by atoms with Gasteiger partial charge in [0.15, 0.2) is 5.82 Å². The first-order valence-electron chi connectivity index (χ1n) is 12.0. The van der Waals surface area contributed by atoms with E-state index in [-0.39, 0.29) is 37.6 Å². The summed E-state index contributed by atoms with van der Waals surface area (Å²) >= 11 is 0. The van der Waals surface area contributed by atoms with Crippen LogP contribution in [0.5, 0.6) is 0 Å². The van der Waals surface area contributed by atoms with Crippen LogP contribution in [0.1, 0.15) is 38.3 Å². The Morgan fingerprint density at radius 2 is 1.94 bits per heavy atom. The Labute approximate surface area is 207 Å². The van der Waals surface area contributed by atoms with Gasteiger partial charge in [0.1, 0.15) is 5.82 Å². The molecule has 190 valence electrons. The molecule has 1 aliphatic heterocycles. The predicted molar refractivity (Wildman–Crippen MR) is 129 cm³/mol. The van der Waals surface area contributed by atoms with Crippen LogP contribution in [-0.4, -0.2) is 63.4 Å². The average molecular weight is 497 g/mol. The molecule has 1 amide bonds. The minimum atomic E-state index is -0.802. The zero-order valence-electron chi connectivity index (χ0n) is 20.0. The van der Waals surface area contributed by atoms with Gasteiger partial charge in [-0.1, -0.05) is 0 Å². The number of hydrogen-bond acceptors (Lipinski definition) is 8. The average Bonchev–Trinajstić information content (AvgIpc) is 3.59. The molecule has 0 bridgehead atoms. The number of hydrogen-bond donors (Lipinski definition) is 4. The third-order valence-corrected chi connectivity index (χ3v) is 6.16. The fraction of sp³-hybridized carbons (Fsp3) is 0.440. The number of aliphatic hydroxyl groups is 1. The molecule has 2 aromatic heterocycles. The Morgan fingerprint density at radius 3 is 2.64 bits per heavy atom. The van der Waals surface area contributed by atoms with Crippen LogP contribution in [-0.2, 0) is 14.3 Å². The molecule has 2 fully saturated rings. The number of halogens is 1. The van der Waals surface area contributed by atoms with E-state index in [1.54, 1.807) is 24.4 Å². The zero-order chi connectivity index (χ0) is 25.1. The molecular weight excluding hydrogens is 467 g/mol. The topological polar surface area (TPSA) is 134 Å². The van der Waals surface area contributed by atoms with Crippen molar-refractivity contribution in [3.63, 3.8) is 0 Å². The van der Waals surface area contributed by atoms with Gasteiger partial charge < -0.3 is 30.2 Å². The lowest BCUT2D eigenvalue weighted by Crippen LogP contribution is -2.49. The summed E-state index contributed by atoms with van der Waals surface area (Å²) in [5.41, 5.74) is 1.62. The van der Waals surface area contributed by atoms with E-state index in [1.807, 2.05) is 6.92 Å². The highest BCUT2D eigenvalue weighted by Crippen LogP contribution is 2.36. The minimum Gasteiger partial charge on any atom is -0.396 e. The summed E-state index contributed by atoms with van der Waals surface area (Å²) in [6.45, 7) is 2.78. The second-order valence-corrected chi connectivity index (χ2v) is 9.38. The summed E-state index contributed by atoms with van der Waals surface area (Å²) in [6.07, 6.45) is 3.40. The summed E-state index contributed by atoms with van der Waals surface area (Å²) in [7, 11) is 0. The van der Waals surface area contributed by atoms with Crippen molar-refractivity contribution in [1.82, 2.24) is 25.3 Å². The maximum atomic E-state index is 13.6. The van der Waals surface area contributed by atoms with Crippen molar-refractivity contribution in [3.05, 3.63) is 48.2 Å². The molecule has 0 unspecified atom stereocenters. The van der Waals surface area contributed by atoms with E-state index in [0.717, 1.165) is 12.8 Å². The van der Waals surface area contributed by atoms with Gasteiger partial charge in [-0.2, -0.15) is 0 Å². The van der Waals surface area contributed by atoms with Crippen molar-refractivity contribution in [3.8, 4) is 22.6 Å². The van der Waals surface area contributed by atoms with Gasteiger partial charge in [-0.15, -0.1) is 0 Å². The second-order valence-electron chi connectivity index (χ2n) is 9.38. The molecule has 1 aliphatic carbocycles. The number of aromatic nitrogens is 4. The van der Waals surface area contributed by atoms with Crippen LogP contribution in [0.2, 0.25) is 0 Å². The van der Waals surface area contributed by atoms with Crippen molar-refractivity contribution in [2.75, 3.05) is 31.7 Å². The number of ether oxygens (including phenoxy) is 2. The van der Waals surface area contributed by atoms with E-state index in [1.165, 1.54) is 12.1 Å². The number of aliphatic hydroxyl groups excluding tert-OH is 1. The molecular formula is C25H29FN6O4. The Morgan fingerprint density at radius 1 is 1.19 bits per heavy atom. The molecule has 5 rings (SSSR count). The maximum Gasteiger partial charge on any atom is 0.230 e. The summed E-state index contributed by atoms with van der Waals surface area (Å²) in [5, 5.41) is 15.1. The molecule has 0 spiro atoms. The van der Waals surface area contributed by atoms with Gasteiger partial charge in [-0.3, -0.25) is 4.79 Å². The number of amides is 1. The number of nitrogens with one attached hydrogen (secondary N) is 3. The van der Waals surface area contributed by atoms with Crippen LogP contribution in [0, 0.1) is 11.2 Å². The number of rotatable bonds is 9. The molecule has 0 radical (unpaired) electrons. The van der Waals surface area contributed by atoms with Crippen LogP contribution < -0.4 is 10.6 Å². The van der Waals surface area contributed by atoms with E-state index < -0.39 is 11.7 Å². The highest BCUT2D eigenvalue weighted by atomic mass is 19.1. The molecule has 0 atom stereocenters. The largest absolute Gasteiger partial charge is 0.396 e. The van der Waals surface area contributed by atoms with E-state index in [2.05, 4.69) is 25.6 Å². The zero-order valence-corrected chi connectivity index (χ0v) is 20.0. The van der Waals surface area contributed by atoms with Crippen molar-refractivity contribution >= 4 is 11.9 Å². The van der Waals surface area contributed by atoms with Crippen molar-refractivity contribution in [2.45, 2.75) is 38.5 Å². The van der Waals surface area contributed by atoms with E-state index in [0.29, 0.717) is 47.4 Å². The Bertz CT molecular complexity index is 1210. The minimum absolute atomic E-state index is 0.0635. The number of carbonyl (C=O) groups is 1. The first-order valence-corrected chi connectivity index (χ1v) is 12.0. The normalized spacial score (nSPS) is 21.8. The molecule has 11 heteroatoms. The summed E-state index contributed by atoms with van der Waals surface area (Å²) < 4.78 is 25.5. The second kappa shape index (κ2) is 10.3. The van der Waals surface area contributed by atoms with Gasteiger partial charge in [0.2, 0.25) is 18.1 Å². The van der Waals surface area contributed by atoms with Crippen molar-refractivity contribution < 1.29 is 23.8 Å².